The molecule has 0 fully saturated rings. The Morgan fingerprint density at radius 2 is 2.00 bits per heavy atom. The van der Waals surface area contributed by atoms with Crippen LogP contribution in [0.15, 0.2) is 22.7 Å². The van der Waals surface area contributed by atoms with Crippen molar-refractivity contribution in [1.82, 2.24) is 5.32 Å². The maximum absolute atomic E-state index is 13.0. The van der Waals surface area contributed by atoms with Gasteiger partial charge < -0.3 is 5.32 Å². The van der Waals surface area contributed by atoms with Crippen molar-refractivity contribution in [2.75, 3.05) is 11.9 Å². The van der Waals surface area contributed by atoms with E-state index in [-0.39, 0.29) is 17.1 Å². The Balaban J connectivity index is 2.75. The Morgan fingerprint density at radius 3 is 2.47 bits per heavy atom. The molecule has 0 unspecified atom stereocenters. The van der Waals surface area contributed by atoms with Crippen molar-refractivity contribution in [3.05, 3.63) is 34.1 Å². The molecule has 0 atom stereocenters. The van der Waals surface area contributed by atoms with Gasteiger partial charge in [-0.05, 0) is 52.4 Å². The van der Waals surface area contributed by atoms with E-state index in [1.54, 1.807) is 0 Å². The average Bonchev–Trinajstić information content (AvgIpc) is 2.40. The third kappa shape index (κ3) is 4.28. The quantitative estimate of drug-likeness (QED) is 0.706. The van der Waals surface area contributed by atoms with Crippen molar-refractivity contribution in [3.63, 3.8) is 0 Å². The summed E-state index contributed by atoms with van der Waals surface area (Å²) < 4.78 is 13.5. The number of hydrogen-bond acceptors (Lipinski definition) is 1. The van der Waals surface area contributed by atoms with Gasteiger partial charge in [0.1, 0.15) is 5.82 Å². The fraction of sp³-hybridized carbons (Fsp3) is 0.500. The summed E-state index contributed by atoms with van der Waals surface area (Å²) in [5.41, 5.74) is 0.527. The van der Waals surface area contributed by atoms with Gasteiger partial charge in [-0.25, -0.2) is 4.39 Å². The van der Waals surface area contributed by atoms with Crippen LogP contribution in [0.2, 0.25) is 0 Å². The second-order valence-electron chi connectivity index (χ2n) is 4.65. The van der Waals surface area contributed by atoms with Crippen molar-refractivity contribution < 1.29 is 9.18 Å². The molecule has 0 aliphatic carbocycles. The van der Waals surface area contributed by atoms with Gasteiger partial charge in [0.05, 0.1) is 5.56 Å². The van der Waals surface area contributed by atoms with Crippen LogP contribution >= 0.6 is 31.9 Å². The lowest BCUT2D eigenvalue weighted by molar-refractivity contribution is 0.0931. The Hall–Kier alpha value is -0.420. The molecule has 0 aliphatic rings. The smallest absolute Gasteiger partial charge is 0.252 e. The lowest BCUT2D eigenvalue weighted by Gasteiger charge is -2.29. The number of alkyl halides is 1. The van der Waals surface area contributed by atoms with Crippen molar-refractivity contribution >= 4 is 37.8 Å². The largest absolute Gasteiger partial charge is 0.351 e. The molecule has 0 aliphatic heterocycles. The van der Waals surface area contributed by atoms with Gasteiger partial charge in [0.2, 0.25) is 0 Å². The number of carbonyl (C=O) groups excluding carboxylic acids is 1. The van der Waals surface area contributed by atoms with Crippen LogP contribution in [0, 0.1) is 11.2 Å². The Bertz CT molecular complexity index is 439. The Morgan fingerprint density at radius 1 is 1.37 bits per heavy atom. The Kier molecular flexibility index (Phi) is 6.47. The van der Waals surface area contributed by atoms with E-state index in [4.69, 9.17) is 0 Å². The first kappa shape index (κ1) is 16.6. The zero-order valence-corrected chi connectivity index (χ0v) is 14.3. The van der Waals surface area contributed by atoms with Crippen LogP contribution in [-0.4, -0.2) is 17.8 Å². The van der Waals surface area contributed by atoms with Gasteiger partial charge in [0.15, 0.2) is 0 Å². The maximum Gasteiger partial charge on any atom is 0.252 e. The van der Waals surface area contributed by atoms with Crippen LogP contribution in [0.1, 0.15) is 37.0 Å². The summed E-state index contributed by atoms with van der Waals surface area (Å²) in [4.78, 5) is 12.1. The van der Waals surface area contributed by atoms with E-state index >= 15 is 0 Å². The molecule has 0 bridgehead atoms. The van der Waals surface area contributed by atoms with Crippen LogP contribution < -0.4 is 5.32 Å². The normalized spacial score (nSPS) is 11.4. The summed E-state index contributed by atoms with van der Waals surface area (Å²) >= 11 is 6.72. The summed E-state index contributed by atoms with van der Waals surface area (Å²) in [7, 11) is 0. The van der Waals surface area contributed by atoms with Crippen molar-refractivity contribution in [1.29, 1.82) is 0 Å². The molecule has 0 spiro atoms. The highest BCUT2D eigenvalue weighted by atomic mass is 79.9. The van der Waals surface area contributed by atoms with Crippen LogP contribution in [0.25, 0.3) is 0 Å². The molecule has 1 amide bonds. The summed E-state index contributed by atoms with van der Waals surface area (Å²) in [6.45, 7) is 4.84. The standard InChI is InChI=1S/C14H18Br2FNO/c1-3-14(4-2,8-15)9-18-13(19)11-6-5-10(17)7-12(11)16/h5-7H,3-4,8-9H2,1-2H3,(H,18,19). The van der Waals surface area contributed by atoms with E-state index in [1.807, 2.05) is 0 Å². The number of benzene rings is 1. The second-order valence-corrected chi connectivity index (χ2v) is 6.06. The van der Waals surface area contributed by atoms with E-state index in [9.17, 15) is 9.18 Å². The van der Waals surface area contributed by atoms with E-state index in [1.165, 1.54) is 18.2 Å². The summed E-state index contributed by atoms with van der Waals surface area (Å²) in [5, 5.41) is 3.78. The highest BCUT2D eigenvalue weighted by Crippen LogP contribution is 2.28. The predicted molar refractivity (Wildman–Crippen MR) is 83.2 cm³/mol. The molecular weight excluding hydrogens is 377 g/mol. The molecule has 0 heterocycles. The number of halogens is 3. The zero-order chi connectivity index (χ0) is 14.5. The molecule has 106 valence electrons. The highest BCUT2D eigenvalue weighted by molar-refractivity contribution is 9.10. The van der Waals surface area contributed by atoms with Gasteiger partial charge in [0.25, 0.3) is 5.91 Å². The summed E-state index contributed by atoms with van der Waals surface area (Å²) in [6, 6.07) is 4.08. The van der Waals surface area contributed by atoms with Crippen molar-refractivity contribution in [3.8, 4) is 0 Å². The van der Waals surface area contributed by atoms with E-state index in [2.05, 4.69) is 51.0 Å². The topological polar surface area (TPSA) is 29.1 Å². The lowest BCUT2D eigenvalue weighted by atomic mass is 9.84. The van der Waals surface area contributed by atoms with E-state index in [0.717, 1.165) is 18.2 Å². The molecule has 1 aromatic rings. The molecule has 0 aromatic heterocycles. The number of nitrogens with one attached hydrogen (secondary N) is 1. The zero-order valence-electron chi connectivity index (χ0n) is 11.1. The monoisotopic (exact) mass is 393 g/mol. The minimum Gasteiger partial charge on any atom is -0.351 e. The molecule has 1 aromatic carbocycles. The summed E-state index contributed by atoms with van der Waals surface area (Å²) in [6.07, 6.45) is 1.97. The number of amides is 1. The number of hydrogen-bond donors (Lipinski definition) is 1. The van der Waals surface area contributed by atoms with Gasteiger partial charge in [-0.2, -0.15) is 0 Å². The first-order chi connectivity index (χ1) is 8.98. The highest BCUT2D eigenvalue weighted by Gasteiger charge is 2.25. The molecule has 0 radical (unpaired) electrons. The van der Waals surface area contributed by atoms with Gasteiger partial charge in [-0.15, -0.1) is 0 Å². The van der Waals surface area contributed by atoms with Crippen molar-refractivity contribution in [2.45, 2.75) is 26.7 Å². The number of rotatable bonds is 6. The van der Waals surface area contributed by atoms with Crippen LogP contribution in [0.3, 0.4) is 0 Å². The van der Waals surface area contributed by atoms with Crippen LogP contribution in [0.4, 0.5) is 4.39 Å². The fourth-order valence-electron chi connectivity index (χ4n) is 1.77. The van der Waals surface area contributed by atoms with Gasteiger partial charge in [-0.1, -0.05) is 29.8 Å². The molecule has 5 heteroatoms. The molecule has 19 heavy (non-hydrogen) atoms. The van der Waals surface area contributed by atoms with Gasteiger partial charge in [-0.3, -0.25) is 4.79 Å². The maximum atomic E-state index is 13.0. The molecule has 0 saturated carbocycles. The molecule has 0 saturated heterocycles. The third-order valence-electron chi connectivity index (χ3n) is 3.58. The minimum atomic E-state index is -0.361. The van der Waals surface area contributed by atoms with Crippen molar-refractivity contribution in [2.24, 2.45) is 5.41 Å². The van der Waals surface area contributed by atoms with Crippen LogP contribution in [0.5, 0.6) is 0 Å². The van der Waals surface area contributed by atoms with Gasteiger partial charge >= 0.3 is 0 Å². The first-order valence-electron chi connectivity index (χ1n) is 6.27. The molecule has 2 nitrogen and oxygen atoms in total. The van der Waals surface area contributed by atoms with Crippen LogP contribution in [-0.2, 0) is 0 Å². The molecule has 1 N–H and O–H groups in total. The van der Waals surface area contributed by atoms with Gasteiger partial charge in [0, 0.05) is 16.3 Å². The minimum absolute atomic E-state index is 0.0716. The van der Waals surface area contributed by atoms with E-state index < -0.39 is 0 Å². The number of carbonyl (C=O) groups is 1. The molecule has 1 rings (SSSR count). The third-order valence-corrected chi connectivity index (χ3v) is 5.43. The fourth-order valence-corrected chi connectivity index (χ4v) is 3.30. The predicted octanol–water partition coefficient (Wildman–Crippen LogP) is 4.52. The SMILES string of the molecule is CCC(CC)(CBr)CNC(=O)c1ccc(F)cc1Br. The second kappa shape index (κ2) is 7.39. The van der Waals surface area contributed by atoms with E-state index in [0.29, 0.717) is 16.6 Å². The average molecular weight is 395 g/mol. The Labute approximate surface area is 130 Å². The summed E-state index contributed by atoms with van der Waals surface area (Å²) in [5.74, 6) is -0.542. The lowest BCUT2D eigenvalue weighted by Crippen LogP contribution is -2.38. The molecular formula is C14H18Br2FNO. The first-order valence-corrected chi connectivity index (χ1v) is 8.18.